The summed E-state index contributed by atoms with van der Waals surface area (Å²) in [6.45, 7) is 0. The van der Waals surface area contributed by atoms with E-state index >= 15 is 0 Å². The van der Waals surface area contributed by atoms with Crippen molar-refractivity contribution in [1.29, 1.82) is 0 Å². The molecule has 0 aromatic rings. The van der Waals surface area contributed by atoms with Crippen LogP contribution in [0.4, 0.5) is 0 Å². The molecule has 0 rings (SSSR count). The molecule has 8 heavy (non-hydrogen) atoms. The summed E-state index contributed by atoms with van der Waals surface area (Å²) < 4.78 is 8.88. The molecule has 0 saturated carbocycles. The van der Waals surface area contributed by atoms with Gasteiger partial charge in [-0.15, -0.1) is 0 Å². The van der Waals surface area contributed by atoms with Gasteiger partial charge in [0.1, 0.15) is 0 Å². The average molecular weight is 163 g/mol. The van der Waals surface area contributed by atoms with E-state index in [1.807, 2.05) is 0 Å². The number of phosphoric acid groups is 1. The van der Waals surface area contributed by atoms with Crippen LogP contribution in [0.2, 0.25) is 0 Å². The van der Waals surface area contributed by atoms with E-state index in [0.717, 1.165) is 0 Å². The van der Waals surface area contributed by atoms with E-state index in [2.05, 4.69) is 0 Å². The zero-order chi connectivity index (χ0) is 4.50. The summed E-state index contributed by atoms with van der Waals surface area (Å²) >= 11 is 0. The molecular formula is H8NNa2O4P. The topological polar surface area (TPSA) is 113 Å². The average Bonchev–Trinajstić information content (AvgIpc) is 0.722. The van der Waals surface area contributed by atoms with Crippen LogP contribution in [0.5, 0.6) is 0 Å². The third-order valence-corrected chi connectivity index (χ3v) is 0. The van der Waals surface area contributed by atoms with Crippen LogP contribution in [0.1, 0.15) is 2.85 Å². The molecule has 0 bridgehead atoms. The molecule has 0 atom stereocenters. The Bertz CT molecular complexity index is 67.4. The first-order valence-corrected chi connectivity index (χ1v) is 2.35. The molecule has 5 nitrogen and oxygen atoms in total. The van der Waals surface area contributed by atoms with Gasteiger partial charge in [-0.3, -0.25) is 0 Å². The van der Waals surface area contributed by atoms with Gasteiger partial charge in [-0.1, -0.05) is 0 Å². The SMILES string of the molecule is N.O=P(O)(O)O.[H-].[H-].[Na+].[Na+]. The first-order valence-electron chi connectivity index (χ1n) is 0.783. The van der Waals surface area contributed by atoms with Gasteiger partial charge < -0.3 is 23.7 Å². The fourth-order valence-electron chi connectivity index (χ4n) is 0. The van der Waals surface area contributed by atoms with Gasteiger partial charge in [-0.05, 0) is 0 Å². The summed E-state index contributed by atoms with van der Waals surface area (Å²) in [5.74, 6) is 0. The van der Waals surface area contributed by atoms with E-state index in [9.17, 15) is 0 Å². The molecule has 0 spiro atoms. The summed E-state index contributed by atoms with van der Waals surface area (Å²) in [5.41, 5.74) is 0. The van der Waals surface area contributed by atoms with Crippen LogP contribution >= 0.6 is 7.82 Å². The van der Waals surface area contributed by atoms with Crippen molar-refractivity contribution >= 4 is 7.82 Å². The fourth-order valence-corrected chi connectivity index (χ4v) is 0. The third-order valence-electron chi connectivity index (χ3n) is 0. The van der Waals surface area contributed by atoms with Crippen LogP contribution in [-0.2, 0) is 4.57 Å². The van der Waals surface area contributed by atoms with Gasteiger partial charge in [0.05, 0.1) is 0 Å². The van der Waals surface area contributed by atoms with Crippen molar-refractivity contribution in [3.8, 4) is 0 Å². The van der Waals surface area contributed by atoms with E-state index in [1.54, 1.807) is 0 Å². The zero-order valence-electron chi connectivity index (χ0n) is 6.90. The molecular weight excluding hydrogens is 155 g/mol. The Labute approximate surface area is 94.2 Å². The van der Waals surface area contributed by atoms with Crippen molar-refractivity contribution in [3.63, 3.8) is 0 Å². The van der Waals surface area contributed by atoms with Crippen molar-refractivity contribution in [2.45, 2.75) is 0 Å². The molecule has 0 heterocycles. The summed E-state index contributed by atoms with van der Waals surface area (Å²) in [5, 5.41) is 0. The standard InChI is InChI=1S/H3N.2Na.H3O4P.2H/c;;;1-5(2,3)4;;/h1H3;;;(H3,1,2,3,4);;/q;2*+1;;2*-1. The van der Waals surface area contributed by atoms with E-state index < -0.39 is 7.82 Å². The second-order valence-electron chi connectivity index (χ2n) is 0.513. The Morgan fingerprint density at radius 2 is 1.12 bits per heavy atom. The van der Waals surface area contributed by atoms with Gasteiger partial charge in [0.25, 0.3) is 0 Å². The summed E-state index contributed by atoms with van der Waals surface area (Å²) in [7, 11) is -4.64. The Kier molecular flexibility index (Phi) is 25.5. The predicted molar refractivity (Wildman–Crippen MR) is 21.5 cm³/mol. The molecule has 0 aliphatic rings. The third kappa shape index (κ3) is 94.1. The fraction of sp³-hybridized carbons (Fsp3) is 0. The largest absolute Gasteiger partial charge is 1.00 e. The van der Waals surface area contributed by atoms with Gasteiger partial charge in [-0.25, -0.2) is 4.57 Å². The van der Waals surface area contributed by atoms with Crippen molar-refractivity contribution in [2.75, 3.05) is 0 Å². The van der Waals surface area contributed by atoms with Crippen LogP contribution in [0, 0.1) is 0 Å². The Balaban J connectivity index is -0.00000000800. The maximum absolute atomic E-state index is 8.88. The smallest absolute Gasteiger partial charge is 1.00 e. The second kappa shape index (κ2) is 9.07. The predicted octanol–water partition coefficient (Wildman–Crippen LogP) is -6.53. The van der Waals surface area contributed by atoms with Gasteiger partial charge >= 0.3 is 66.9 Å². The molecule has 8 heteroatoms. The first-order chi connectivity index (χ1) is 2.00. The van der Waals surface area contributed by atoms with Crippen LogP contribution in [-0.4, -0.2) is 14.7 Å². The van der Waals surface area contributed by atoms with Crippen LogP contribution in [0.25, 0.3) is 0 Å². The summed E-state index contributed by atoms with van der Waals surface area (Å²) in [4.78, 5) is 21.6. The van der Waals surface area contributed by atoms with E-state index in [4.69, 9.17) is 19.2 Å². The van der Waals surface area contributed by atoms with Gasteiger partial charge in [-0.2, -0.15) is 0 Å². The molecule has 6 N–H and O–H groups in total. The Morgan fingerprint density at radius 3 is 1.12 bits per heavy atom. The number of rotatable bonds is 0. The molecule has 0 fully saturated rings. The molecule has 0 unspecified atom stereocenters. The Hall–Kier alpha value is 2.07. The molecule has 0 radical (unpaired) electrons. The maximum atomic E-state index is 8.88. The summed E-state index contributed by atoms with van der Waals surface area (Å²) in [6, 6.07) is 0. The quantitative estimate of drug-likeness (QED) is 0.209. The monoisotopic (exact) mass is 163 g/mol. The molecule has 0 aromatic carbocycles. The van der Waals surface area contributed by atoms with Crippen molar-refractivity contribution in [2.24, 2.45) is 0 Å². The van der Waals surface area contributed by atoms with Crippen LogP contribution in [0.15, 0.2) is 0 Å². The second-order valence-corrected chi connectivity index (χ2v) is 1.54. The maximum Gasteiger partial charge on any atom is 1.00 e. The van der Waals surface area contributed by atoms with Crippen molar-refractivity contribution in [3.05, 3.63) is 0 Å². The molecule has 0 saturated heterocycles. The van der Waals surface area contributed by atoms with Crippen LogP contribution < -0.4 is 65.3 Å². The minimum atomic E-state index is -4.64. The van der Waals surface area contributed by atoms with Gasteiger partial charge in [0.2, 0.25) is 0 Å². The van der Waals surface area contributed by atoms with Gasteiger partial charge in [0.15, 0.2) is 0 Å². The molecule has 0 aromatic heterocycles. The minimum Gasteiger partial charge on any atom is -1.00 e. The first kappa shape index (κ1) is 22.5. The molecule has 0 amide bonds. The van der Waals surface area contributed by atoms with Gasteiger partial charge in [0, 0.05) is 0 Å². The van der Waals surface area contributed by atoms with E-state index in [-0.39, 0.29) is 68.1 Å². The number of hydrogen-bond donors (Lipinski definition) is 4. The molecule has 44 valence electrons. The molecule has 0 aliphatic carbocycles. The number of hydrogen-bond acceptors (Lipinski definition) is 2. The minimum absolute atomic E-state index is 0. The Morgan fingerprint density at radius 1 is 1.12 bits per heavy atom. The summed E-state index contributed by atoms with van der Waals surface area (Å²) in [6.07, 6.45) is 0. The van der Waals surface area contributed by atoms with E-state index in [0.29, 0.717) is 0 Å². The zero-order valence-corrected chi connectivity index (χ0v) is 9.80. The van der Waals surface area contributed by atoms with Crippen molar-refractivity contribution < 1.29 is 81.2 Å². The normalized spacial score (nSPS) is 7.38. The van der Waals surface area contributed by atoms with Crippen LogP contribution in [0.3, 0.4) is 0 Å². The van der Waals surface area contributed by atoms with E-state index in [1.165, 1.54) is 0 Å². The van der Waals surface area contributed by atoms with Crippen molar-refractivity contribution in [1.82, 2.24) is 6.15 Å². The molecule has 0 aliphatic heterocycles.